The van der Waals surface area contributed by atoms with Crippen LogP contribution in [0.25, 0.3) is 20.9 Å². The fourth-order valence-electron chi connectivity index (χ4n) is 3.98. The number of nitrogens with zero attached hydrogens (tertiary/aromatic N) is 3. The second kappa shape index (κ2) is 8.63. The van der Waals surface area contributed by atoms with E-state index in [9.17, 15) is 9.59 Å². The van der Waals surface area contributed by atoms with Gasteiger partial charge in [0.2, 0.25) is 11.8 Å². The van der Waals surface area contributed by atoms with Crippen molar-refractivity contribution in [2.24, 2.45) is 5.92 Å². The Hall–Kier alpha value is -3.78. The fraction of sp³-hybridized carbons (Fsp3) is 0.200. The van der Waals surface area contributed by atoms with Crippen molar-refractivity contribution in [2.45, 2.75) is 13.3 Å². The molecule has 1 unspecified atom stereocenters. The minimum atomic E-state index is -0.418. The number of amides is 2. The lowest BCUT2D eigenvalue weighted by molar-refractivity contribution is -0.122. The van der Waals surface area contributed by atoms with Gasteiger partial charge in [-0.15, -0.1) is 0 Å². The molecule has 0 saturated carbocycles. The standard InChI is InChI=1S/C25H22N4O3S/c1-15-11-16(24-28-21-7-4-10-26-25(21)33-24)8-9-20(15)27-23(31)17-12-22(30)29(14-17)18-5-3-6-19(13-18)32-2/h3-11,13,17H,12,14H2,1-2H3,(H,27,31). The highest BCUT2D eigenvalue weighted by Crippen LogP contribution is 2.32. The van der Waals surface area contributed by atoms with Gasteiger partial charge >= 0.3 is 0 Å². The summed E-state index contributed by atoms with van der Waals surface area (Å²) in [6.45, 7) is 2.29. The summed E-state index contributed by atoms with van der Waals surface area (Å²) in [5.74, 6) is 0.0274. The first-order valence-corrected chi connectivity index (χ1v) is 11.4. The fourth-order valence-corrected chi connectivity index (χ4v) is 4.88. The molecule has 4 aromatic rings. The second-order valence-corrected chi connectivity index (χ2v) is 8.95. The van der Waals surface area contributed by atoms with E-state index in [2.05, 4.69) is 15.3 Å². The molecule has 7 nitrogen and oxygen atoms in total. The zero-order valence-electron chi connectivity index (χ0n) is 18.2. The van der Waals surface area contributed by atoms with Gasteiger partial charge in [0.15, 0.2) is 0 Å². The number of thiazole rings is 1. The molecule has 3 heterocycles. The van der Waals surface area contributed by atoms with Crippen LogP contribution in [0.3, 0.4) is 0 Å². The summed E-state index contributed by atoms with van der Waals surface area (Å²) in [7, 11) is 1.59. The number of ether oxygens (including phenoxy) is 1. The van der Waals surface area contributed by atoms with Crippen molar-refractivity contribution >= 4 is 44.9 Å². The maximum absolute atomic E-state index is 13.0. The first-order valence-electron chi connectivity index (χ1n) is 10.6. The van der Waals surface area contributed by atoms with Crippen LogP contribution in [0.2, 0.25) is 0 Å². The molecule has 2 aromatic carbocycles. The molecule has 2 amide bonds. The molecule has 0 radical (unpaired) electrons. The Kier molecular flexibility index (Phi) is 5.51. The van der Waals surface area contributed by atoms with Crippen LogP contribution in [0.5, 0.6) is 5.75 Å². The molecule has 1 saturated heterocycles. The average Bonchev–Trinajstić information content (AvgIpc) is 3.44. The van der Waals surface area contributed by atoms with E-state index in [0.29, 0.717) is 12.3 Å². The lowest BCUT2D eigenvalue weighted by Crippen LogP contribution is -2.28. The van der Waals surface area contributed by atoms with Crippen LogP contribution in [0.1, 0.15) is 12.0 Å². The third kappa shape index (κ3) is 4.17. The van der Waals surface area contributed by atoms with Gasteiger partial charge < -0.3 is 15.0 Å². The molecule has 1 N–H and O–H groups in total. The van der Waals surface area contributed by atoms with E-state index >= 15 is 0 Å². The molecule has 1 atom stereocenters. The van der Waals surface area contributed by atoms with Crippen molar-refractivity contribution in [1.29, 1.82) is 0 Å². The number of hydrogen-bond acceptors (Lipinski definition) is 6. The van der Waals surface area contributed by atoms with Crippen LogP contribution in [0.4, 0.5) is 11.4 Å². The van der Waals surface area contributed by atoms with Gasteiger partial charge in [0.05, 0.1) is 13.0 Å². The molecule has 0 aliphatic carbocycles. The Morgan fingerprint density at radius 1 is 1.18 bits per heavy atom. The van der Waals surface area contributed by atoms with Crippen LogP contribution in [0.15, 0.2) is 60.8 Å². The summed E-state index contributed by atoms with van der Waals surface area (Å²) in [6, 6.07) is 17.0. The maximum Gasteiger partial charge on any atom is 0.229 e. The van der Waals surface area contributed by atoms with E-state index in [0.717, 1.165) is 37.9 Å². The number of carbonyl (C=O) groups is 2. The third-order valence-corrected chi connectivity index (χ3v) is 6.79. The summed E-state index contributed by atoms with van der Waals surface area (Å²) >= 11 is 1.54. The molecule has 0 bridgehead atoms. The summed E-state index contributed by atoms with van der Waals surface area (Å²) in [5.41, 5.74) is 4.26. The highest BCUT2D eigenvalue weighted by molar-refractivity contribution is 7.21. The van der Waals surface area contributed by atoms with Crippen LogP contribution in [-0.2, 0) is 9.59 Å². The molecule has 166 valence electrons. The predicted octanol–water partition coefficient (Wildman–Crippen LogP) is 4.67. The van der Waals surface area contributed by atoms with Crippen LogP contribution >= 0.6 is 11.3 Å². The Labute approximate surface area is 195 Å². The minimum Gasteiger partial charge on any atom is -0.497 e. The number of aryl methyl sites for hydroxylation is 1. The number of carbonyl (C=O) groups excluding carboxylic acids is 2. The van der Waals surface area contributed by atoms with E-state index in [1.54, 1.807) is 24.3 Å². The predicted molar refractivity (Wildman–Crippen MR) is 130 cm³/mol. The lowest BCUT2D eigenvalue weighted by atomic mass is 10.1. The first-order chi connectivity index (χ1) is 16.0. The zero-order chi connectivity index (χ0) is 22.9. The number of hydrogen-bond donors (Lipinski definition) is 1. The number of nitrogens with one attached hydrogen (secondary N) is 1. The molecule has 5 rings (SSSR count). The molecule has 1 aliphatic rings. The van der Waals surface area contributed by atoms with Gasteiger partial charge in [-0.1, -0.05) is 17.4 Å². The van der Waals surface area contributed by atoms with Crippen LogP contribution < -0.4 is 15.0 Å². The summed E-state index contributed by atoms with van der Waals surface area (Å²) in [4.78, 5) is 37.1. The molecule has 8 heteroatoms. The van der Waals surface area contributed by atoms with Crippen molar-refractivity contribution in [3.05, 3.63) is 66.4 Å². The van der Waals surface area contributed by atoms with Gasteiger partial charge in [-0.25, -0.2) is 9.97 Å². The average molecular weight is 459 g/mol. The number of anilines is 2. The summed E-state index contributed by atoms with van der Waals surface area (Å²) in [6.07, 6.45) is 1.94. The normalized spacial score (nSPS) is 15.8. The van der Waals surface area contributed by atoms with Crippen molar-refractivity contribution in [3.63, 3.8) is 0 Å². The van der Waals surface area contributed by atoms with Gasteiger partial charge in [-0.05, 0) is 55.0 Å². The number of fused-ring (bicyclic) bond motifs is 1. The quantitative estimate of drug-likeness (QED) is 0.470. The van der Waals surface area contributed by atoms with Crippen LogP contribution in [-0.4, -0.2) is 35.4 Å². The lowest BCUT2D eigenvalue weighted by Gasteiger charge is -2.17. The van der Waals surface area contributed by atoms with E-state index in [4.69, 9.17) is 4.74 Å². The molecular formula is C25H22N4O3S. The van der Waals surface area contributed by atoms with Gasteiger partial charge in [-0.3, -0.25) is 9.59 Å². The number of pyridine rings is 1. The summed E-state index contributed by atoms with van der Waals surface area (Å²) < 4.78 is 5.25. The number of aromatic nitrogens is 2. The van der Waals surface area contributed by atoms with E-state index in [1.807, 2.05) is 55.5 Å². The minimum absolute atomic E-state index is 0.0695. The molecule has 2 aromatic heterocycles. The monoisotopic (exact) mass is 458 g/mol. The highest BCUT2D eigenvalue weighted by atomic mass is 32.1. The van der Waals surface area contributed by atoms with Gasteiger partial charge in [-0.2, -0.15) is 0 Å². The maximum atomic E-state index is 13.0. The SMILES string of the molecule is COc1cccc(N2CC(C(=O)Nc3ccc(-c4nc5cccnc5s4)cc3C)CC2=O)c1. The molecule has 33 heavy (non-hydrogen) atoms. The molecule has 1 aliphatic heterocycles. The number of rotatable bonds is 5. The van der Waals surface area contributed by atoms with Crippen molar-refractivity contribution in [3.8, 4) is 16.3 Å². The topological polar surface area (TPSA) is 84.4 Å². The Morgan fingerprint density at radius 2 is 2.06 bits per heavy atom. The van der Waals surface area contributed by atoms with E-state index < -0.39 is 5.92 Å². The van der Waals surface area contributed by atoms with Crippen molar-refractivity contribution in [2.75, 3.05) is 23.9 Å². The smallest absolute Gasteiger partial charge is 0.229 e. The van der Waals surface area contributed by atoms with Crippen molar-refractivity contribution < 1.29 is 14.3 Å². The van der Waals surface area contributed by atoms with E-state index in [-0.39, 0.29) is 18.2 Å². The van der Waals surface area contributed by atoms with Gasteiger partial charge in [0, 0.05) is 42.2 Å². The molecule has 0 spiro atoms. The van der Waals surface area contributed by atoms with Gasteiger partial charge in [0.1, 0.15) is 21.1 Å². The molecular weight excluding hydrogens is 436 g/mol. The van der Waals surface area contributed by atoms with E-state index in [1.165, 1.54) is 11.3 Å². The summed E-state index contributed by atoms with van der Waals surface area (Å²) in [5, 5.41) is 3.89. The second-order valence-electron chi connectivity index (χ2n) is 7.97. The highest BCUT2D eigenvalue weighted by Gasteiger charge is 2.35. The van der Waals surface area contributed by atoms with Crippen LogP contribution in [0, 0.1) is 12.8 Å². The van der Waals surface area contributed by atoms with Gasteiger partial charge in [0.25, 0.3) is 0 Å². The largest absolute Gasteiger partial charge is 0.497 e. The number of benzene rings is 2. The zero-order valence-corrected chi connectivity index (χ0v) is 19.1. The Bertz CT molecular complexity index is 1330. The van der Waals surface area contributed by atoms with Crippen molar-refractivity contribution in [1.82, 2.24) is 9.97 Å². The molecule has 1 fully saturated rings. The Balaban J connectivity index is 1.30. The first kappa shape index (κ1) is 21.1. The Morgan fingerprint density at radius 3 is 2.85 bits per heavy atom. The number of methoxy groups -OCH3 is 1. The third-order valence-electron chi connectivity index (χ3n) is 5.76.